The molecule has 0 spiro atoms. The Bertz CT molecular complexity index is 846. The number of nitrogens with one attached hydrogen (secondary N) is 3. The Labute approximate surface area is 161 Å². The zero-order valence-corrected chi connectivity index (χ0v) is 15.9. The van der Waals surface area contributed by atoms with E-state index in [2.05, 4.69) is 4.98 Å². The van der Waals surface area contributed by atoms with Gasteiger partial charge in [0.15, 0.2) is 11.6 Å². The van der Waals surface area contributed by atoms with Gasteiger partial charge < -0.3 is 10.5 Å². The Morgan fingerprint density at radius 2 is 1.92 bits per heavy atom. The quantitative estimate of drug-likeness (QED) is 0.636. The van der Waals surface area contributed by atoms with Gasteiger partial charge in [-0.05, 0) is 17.2 Å². The molecule has 2 rings (SSSR count). The number of pyridine rings is 1. The van der Waals surface area contributed by atoms with Crippen molar-refractivity contribution in [3.8, 4) is 0 Å². The Kier molecular flexibility index (Phi) is 7.30. The Hall–Kier alpha value is -1.52. The molecule has 1 amide bonds. The summed E-state index contributed by atoms with van der Waals surface area (Å²) in [4.78, 5) is 15.0. The molecule has 0 saturated heterocycles. The minimum absolute atomic E-state index is 0. The predicted molar refractivity (Wildman–Crippen MR) is 83.7 cm³/mol. The van der Waals surface area contributed by atoms with Gasteiger partial charge in [-0.1, -0.05) is 24.3 Å². The molecule has 0 atom stereocenters. The molecule has 10 heteroatoms. The first kappa shape index (κ1) is 20.5. The third kappa shape index (κ3) is 4.99. The predicted octanol–water partition coefficient (Wildman–Crippen LogP) is -1.12. The summed E-state index contributed by atoms with van der Waals surface area (Å²) in [5, 5.41) is 0. The van der Waals surface area contributed by atoms with E-state index in [-0.39, 0.29) is 47.1 Å². The van der Waals surface area contributed by atoms with Gasteiger partial charge >= 0.3 is 29.6 Å². The van der Waals surface area contributed by atoms with Crippen LogP contribution < -0.4 is 39.0 Å². The summed E-state index contributed by atoms with van der Waals surface area (Å²) in [7, 11) is -2.71. The van der Waals surface area contributed by atoms with E-state index in [0.717, 1.165) is 0 Å². The molecule has 1 heterocycles. The smallest absolute Gasteiger partial charge is 0.664 e. The van der Waals surface area contributed by atoms with E-state index in [0.29, 0.717) is 5.56 Å². The van der Waals surface area contributed by atoms with Gasteiger partial charge in [0, 0.05) is 25.2 Å². The standard InChI is InChI=1S/C14H15FN4O3S.Na/c1-17-23(21,22)19-14-12(15)10(6-7-18-14)8-9-4-2-3-5-11(9)13(16)20;/h2-7,17H,8H2,1H3,(H3,16,18,19,20);/q;+1/p-1. The number of carbonyl (C=O) groups is 1. The molecule has 0 aliphatic heterocycles. The van der Waals surface area contributed by atoms with Crippen LogP contribution in [0.1, 0.15) is 21.5 Å². The number of halogens is 1. The van der Waals surface area contributed by atoms with E-state index in [1.165, 1.54) is 25.4 Å². The molecular formula is C14H14FN4NaO3S. The molecule has 2 aromatic rings. The van der Waals surface area contributed by atoms with Gasteiger partial charge in [0.2, 0.25) is 0 Å². The second-order valence-corrected chi connectivity index (χ2v) is 6.22. The SMILES string of the molecule is CNS(=O)(=O)Nc1nccc(Cc2ccccc2C([NH-])=O)c1F.[Na+]. The number of hydrogen-bond donors (Lipinski definition) is 2. The molecule has 1 aromatic heterocycles. The van der Waals surface area contributed by atoms with Crippen LogP contribution in [0.5, 0.6) is 0 Å². The third-order valence-electron chi connectivity index (χ3n) is 3.11. The van der Waals surface area contributed by atoms with Crippen LogP contribution in [0.4, 0.5) is 10.2 Å². The number of carbonyl (C=O) groups excluding carboxylic acids is 1. The summed E-state index contributed by atoms with van der Waals surface area (Å²) in [6, 6.07) is 7.76. The molecule has 1 aromatic carbocycles. The number of hydrogen-bond acceptors (Lipinski definition) is 4. The molecular weight excluding hydrogens is 346 g/mol. The second-order valence-electron chi connectivity index (χ2n) is 4.61. The zero-order chi connectivity index (χ0) is 17.0. The van der Waals surface area contributed by atoms with Crippen molar-refractivity contribution >= 4 is 21.9 Å². The first-order chi connectivity index (χ1) is 10.8. The number of nitrogens with zero attached hydrogens (tertiary/aromatic N) is 1. The molecule has 0 aliphatic carbocycles. The van der Waals surface area contributed by atoms with Gasteiger partial charge in [0.05, 0.1) is 5.91 Å². The molecule has 0 unspecified atom stereocenters. The molecule has 7 nitrogen and oxygen atoms in total. The minimum Gasteiger partial charge on any atom is -0.664 e. The van der Waals surface area contributed by atoms with Crippen LogP contribution in [-0.2, 0) is 16.6 Å². The summed E-state index contributed by atoms with van der Waals surface area (Å²) < 4.78 is 41.2. The topological polar surface area (TPSA) is 112 Å². The summed E-state index contributed by atoms with van der Waals surface area (Å²) >= 11 is 0. The number of amides is 1. The van der Waals surface area contributed by atoms with E-state index in [1.807, 2.05) is 9.44 Å². The molecule has 0 aliphatic rings. The van der Waals surface area contributed by atoms with Crippen LogP contribution in [-0.4, -0.2) is 26.4 Å². The average Bonchev–Trinajstić information content (AvgIpc) is 2.51. The molecule has 122 valence electrons. The van der Waals surface area contributed by atoms with Crippen LogP contribution in [0.3, 0.4) is 0 Å². The number of rotatable bonds is 6. The fourth-order valence-corrected chi connectivity index (χ4v) is 2.47. The van der Waals surface area contributed by atoms with Crippen LogP contribution in [0.2, 0.25) is 0 Å². The summed E-state index contributed by atoms with van der Waals surface area (Å²) in [6.45, 7) is 0. The van der Waals surface area contributed by atoms with Crippen molar-refractivity contribution in [3.63, 3.8) is 0 Å². The van der Waals surface area contributed by atoms with Gasteiger partial charge in [-0.2, -0.15) is 8.42 Å². The third-order valence-corrected chi connectivity index (χ3v) is 4.11. The maximum Gasteiger partial charge on any atom is 1.00 e. The maximum absolute atomic E-state index is 14.4. The Balaban J connectivity index is 0.00000288. The maximum atomic E-state index is 14.4. The summed E-state index contributed by atoms with van der Waals surface area (Å²) in [5.41, 5.74) is 8.01. The van der Waals surface area contributed by atoms with Gasteiger partial charge in [-0.25, -0.2) is 14.1 Å². The van der Waals surface area contributed by atoms with Gasteiger partial charge in [-0.15, -0.1) is 0 Å². The van der Waals surface area contributed by atoms with Gasteiger partial charge in [0.25, 0.3) is 10.2 Å². The van der Waals surface area contributed by atoms with E-state index in [1.54, 1.807) is 18.2 Å². The summed E-state index contributed by atoms with van der Waals surface area (Å²) in [6.07, 6.45) is 1.29. The van der Waals surface area contributed by atoms with Crippen LogP contribution in [0.25, 0.3) is 5.73 Å². The van der Waals surface area contributed by atoms with Crippen molar-refractivity contribution in [1.82, 2.24) is 9.71 Å². The molecule has 0 fully saturated rings. The van der Waals surface area contributed by atoms with E-state index in [4.69, 9.17) is 5.73 Å². The van der Waals surface area contributed by atoms with Crippen LogP contribution >= 0.6 is 0 Å². The fraction of sp³-hybridized carbons (Fsp3) is 0.143. The monoisotopic (exact) mass is 360 g/mol. The largest absolute Gasteiger partial charge is 1.00 e. The Morgan fingerprint density at radius 3 is 2.54 bits per heavy atom. The van der Waals surface area contributed by atoms with E-state index < -0.39 is 27.8 Å². The molecule has 3 N–H and O–H groups in total. The van der Waals surface area contributed by atoms with Crippen molar-refractivity contribution in [1.29, 1.82) is 0 Å². The minimum atomic E-state index is -3.89. The van der Waals surface area contributed by atoms with Crippen molar-refractivity contribution in [2.24, 2.45) is 0 Å². The van der Waals surface area contributed by atoms with Crippen LogP contribution in [0, 0.1) is 5.82 Å². The van der Waals surface area contributed by atoms with E-state index in [9.17, 15) is 17.6 Å². The van der Waals surface area contributed by atoms with Gasteiger partial charge in [-0.3, -0.25) is 4.72 Å². The van der Waals surface area contributed by atoms with Crippen LogP contribution in [0.15, 0.2) is 36.5 Å². The zero-order valence-electron chi connectivity index (χ0n) is 13.1. The number of benzene rings is 1. The first-order valence-corrected chi connectivity index (χ1v) is 8.01. The summed E-state index contributed by atoms with van der Waals surface area (Å²) in [5.74, 6) is -2.14. The van der Waals surface area contributed by atoms with Crippen molar-refractivity contribution in [3.05, 3.63) is 64.8 Å². The fourth-order valence-electron chi connectivity index (χ4n) is 1.97. The van der Waals surface area contributed by atoms with Crippen molar-refractivity contribution < 1.29 is 47.2 Å². The molecule has 24 heavy (non-hydrogen) atoms. The molecule has 0 radical (unpaired) electrons. The average molecular weight is 360 g/mol. The normalized spacial score (nSPS) is 10.8. The molecule has 0 saturated carbocycles. The van der Waals surface area contributed by atoms with Crippen molar-refractivity contribution in [2.45, 2.75) is 6.42 Å². The van der Waals surface area contributed by atoms with Crippen molar-refractivity contribution in [2.75, 3.05) is 11.8 Å². The number of aromatic nitrogens is 1. The molecule has 0 bridgehead atoms. The first-order valence-electron chi connectivity index (χ1n) is 6.52. The number of anilines is 1. The second kappa shape index (κ2) is 8.54. The Morgan fingerprint density at radius 1 is 1.25 bits per heavy atom. The van der Waals surface area contributed by atoms with E-state index >= 15 is 0 Å². The van der Waals surface area contributed by atoms with Gasteiger partial charge in [0.1, 0.15) is 0 Å².